The minimum atomic E-state index is 0.515. The van der Waals surface area contributed by atoms with Crippen LogP contribution in [-0.2, 0) is 0 Å². The van der Waals surface area contributed by atoms with Gasteiger partial charge in [0.15, 0.2) is 11.6 Å². The number of aromatic nitrogens is 2. The fourth-order valence-corrected chi connectivity index (χ4v) is 2.12. The average molecular weight is 299 g/mol. The van der Waals surface area contributed by atoms with Gasteiger partial charge in [0.1, 0.15) is 6.33 Å². The maximum Gasteiger partial charge on any atom is 0.204 e. The Kier molecular flexibility index (Phi) is 4.29. The number of rotatable bonds is 4. The molecular formula is C12H12Cl2N4O. The Morgan fingerprint density at radius 3 is 2.26 bits per heavy atom. The summed E-state index contributed by atoms with van der Waals surface area (Å²) in [4.78, 5) is 8.21. The lowest BCUT2D eigenvalue weighted by Gasteiger charge is -2.13. The highest BCUT2D eigenvalue weighted by atomic mass is 35.5. The van der Waals surface area contributed by atoms with E-state index in [0.29, 0.717) is 27.4 Å². The molecule has 2 N–H and O–H groups in total. The normalized spacial score (nSPS) is 10.1. The van der Waals surface area contributed by atoms with Gasteiger partial charge in [-0.1, -0.05) is 23.2 Å². The van der Waals surface area contributed by atoms with Crippen molar-refractivity contribution in [2.45, 2.75) is 0 Å². The van der Waals surface area contributed by atoms with Crippen molar-refractivity contribution >= 4 is 40.5 Å². The van der Waals surface area contributed by atoms with E-state index in [4.69, 9.17) is 27.9 Å². The van der Waals surface area contributed by atoms with Gasteiger partial charge in [0, 0.05) is 22.8 Å². The highest BCUT2D eigenvalue weighted by Crippen LogP contribution is 2.32. The highest BCUT2D eigenvalue weighted by Gasteiger charge is 2.11. The van der Waals surface area contributed by atoms with Gasteiger partial charge in [0.2, 0.25) is 5.75 Å². The summed E-state index contributed by atoms with van der Waals surface area (Å²) >= 11 is 11.9. The van der Waals surface area contributed by atoms with Gasteiger partial charge in [-0.2, -0.15) is 0 Å². The average Bonchev–Trinajstić information content (AvgIpc) is 2.37. The van der Waals surface area contributed by atoms with Gasteiger partial charge < -0.3 is 15.4 Å². The maximum absolute atomic E-state index is 5.95. The molecule has 19 heavy (non-hydrogen) atoms. The molecule has 2 aromatic rings. The van der Waals surface area contributed by atoms with E-state index in [1.165, 1.54) is 6.33 Å². The SMILES string of the molecule is CNc1ncnc(Nc2cc(Cl)cc(Cl)c2)c1OC. The largest absolute Gasteiger partial charge is 0.490 e. The second-order valence-corrected chi connectivity index (χ2v) is 4.51. The number of hydrogen-bond donors (Lipinski definition) is 2. The first kappa shape index (κ1) is 13.7. The Morgan fingerprint density at radius 2 is 1.68 bits per heavy atom. The lowest BCUT2D eigenvalue weighted by atomic mass is 10.3. The molecule has 0 aliphatic carbocycles. The zero-order valence-corrected chi connectivity index (χ0v) is 11.9. The Hall–Kier alpha value is -1.72. The van der Waals surface area contributed by atoms with Crippen LogP contribution in [0.5, 0.6) is 5.75 Å². The summed E-state index contributed by atoms with van der Waals surface area (Å²) in [6.45, 7) is 0. The van der Waals surface area contributed by atoms with E-state index in [2.05, 4.69) is 20.6 Å². The highest BCUT2D eigenvalue weighted by molar-refractivity contribution is 6.35. The molecular weight excluding hydrogens is 287 g/mol. The minimum Gasteiger partial charge on any atom is -0.490 e. The summed E-state index contributed by atoms with van der Waals surface area (Å²) < 4.78 is 5.28. The molecule has 1 heterocycles. The number of hydrogen-bond acceptors (Lipinski definition) is 5. The molecule has 2 rings (SSSR count). The number of methoxy groups -OCH3 is 1. The van der Waals surface area contributed by atoms with Crippen LogP contribution in [0.4, 0.5) is 17.3 Å². The molecule has 7 heteroatoms. The summed E-state index contributed by atoms with van der Waals surface area (Å²) in [5, 5.41) is 7.10. The van der Waals surface area contributed by atoms with Crippen LogP contribution in [-0.4, -0.2) is 24.1 Å². The fraction of sp³-hybridized carbons (Fsp3) is 0.167. The molecule has 0 amide bonds. The lowest BCUT2D eigenvalue weighted by Crippen LogP contribution is -2.03. The molecule has 0 saturated heterocycles. The summed E-state index contributed by atoms with van der Waals surface area (Å²) in [6.07, 6.45) is 1.43. The number of nitrogens with one attached hydrogen (secondary N) is 2. The summed E-state index contributed by atoms with van der Waals surface area (Å²) in [5.74, 6) is 1.63. The predicted octanol–water partition coefficient (Wildman–Crippen LogP) is 3.58. The van der Waals surface area contributed by atoms with Crippen LogP contribution in [0.2, 0.25) is 10.0 Å². The number of halogens is 2. The summed E-state index contributed by atoms with van der Waals surface area (Å²) in [6, 6.07) is 5.15. The van der Waals surface area contributed by atoms with Crippen molar-refractivity contribution in [1.82, 2.24) is 9.97 Å². The van der Waals surface area contributed by atoms with E-state index in [0.717, 1.165) is 5.69 Å². The molecule has 0 atom stereocenters. The van der Waals surface area contributed by atoms with Crippen LogP contribution < -0.4 is 15.4 Å². The van der Waals surface area contributed by atoms with Gasteiger partial charge in [0.05, 0.1) is 7.11 Å². The van der Waals surface area contributed by atoms with Gasteiger partial charge in [-0.3, -0.25) is 0 Å². The van der Waals surface area contributed by atoms with Crippen LogP contribution in [0.3, 0.4) is 0 Å². The van der Waals surface area contributed by atoms with Gasteiger partial charge >= 0.3 is 0 Å². The topological polar surface area (TPSA) is 59.1 Å². The third-order valence-electron chi connectivity index (χ3n) is 2.37. The molecule has 0 radical (unpaired) electrons. The van der Waals surface area contributed by atoms with E-state index in [-0.39, 0.29) is 0 Å². The summed E-state index contributed by atoms with van der Waals surface area (Å²) in [7, 11) is 3.31. The monoisotopic (exact) mass is 298 g/mol. The fourth-order valence-electron chi connectivity index (χ4n) is 1.60. The molecule has 100 valence electrons. The molecule has 0 spiro atoms. The number of nitrogens with zero attached hydrogens (tertiary/aromatic N) is 2. The second-order valence-electron chi connectivity index (χ2n) is 3.64. The van der Waals surface area contributed by atoms with Gasteiger partial charge in [-0.15, -0.1) is 0 Å². The number of anilines is 3. The van der Waals surface area contributed by atoms with Gasteiger partial charge in [0.25, 0.3) is 0 Å². The zero-order valence-electron chi connectivity index (χ0n) is 10.4. The molecule has 1 aromatic carbocycles. The van der Waals surface area contributed by atoms with Crippen molar-refractivity contribution in [3.05, 3.63) is 34.6 Å². The Labute approximate surface area is 120 Å². The van der Waals surface area contributed by atoms with Crippen molar-refractivity contribution in [2.24, 2.45) is 0 Å². The standard InChI is InChI=1S/C12H12Cl2N4O/c1-15-11-10(19-2)12(17-6-16-11)18-9-4-7(13)3-8(14)5-9/h3-6H,1-2H3,(H2,15,16,17,18). The van der Waals surface area contributed by atoms with Gasteiger partial charge in [-0.25, -0.2) is 9.97 Å². The van der Waals surface area contributed by atoms with E-state index in [1.807, 2.05) is 0 Å². The first-order chi connectivity index (χ1) is 9.13. The third-order valence-corrected chi connectivity index (χ3v) is 2.81. The van der Waals surface area contributed by atoms with Crippen LogP contribution >= 0.6 is 23.2 Å². The number of ether oxygens (including phenoxy) is 1. The van der Waals surface area contributed by atoms with Crippen molar-refractivity contribution in [1.29, 1.82) is 0 Å². The molecule has 0 bridgehead atoms. The van der Waals surface area contributed by atoms with Crippen LogP contribution in [0, 0.1) is 0 Å². The molecule has 5 nitrogen and oxygen atoms in total. The Balaban J connectivity index is 2.37. The van der Waals surface area contributed by atoms with E-state index in [1.54, 1.807) is 32.4 Å². The maximum atomic E-state index is 5.95. The van der Waals surface area contributed by atoms with Crippen molar-refractivity contribution in [2.75, 3.05) is 24.8 Å². The molecule has 0 saturated carbocycles. The first-order valence-corrected chi connectivity index (χ1v) is 6.19. The third kappa shape index (κ3) is 3.19. The van der Waals surface area contributed by atoms with Crippen molar-refractivity contribution in [3.63, 3.8) is 0 Å². The quantitative estimate of drug-likeness (QED) is 0.903. The van der Waals surface area contributed by atoms with Crippen LogP contribution in [0.15, 0.2) is 24.5 Å². The molecule has 0 aliphatic heterocycles. The minimum absolute atomic E-state index is 0.515. The smallest absolute Gasteiger partial charge is 0.204 e. The van der Waals surface area contributed by atoms with Crippen LogP contribution in [0.1, 0.15) is 0 Å². The predicted molar refractivity (Wildman–Crippen MR) is 77.9 cm³/mol. The van der Waals surface area contributed by atoms with Gasteiger partial charge in [-0.05, 0) is 18.2 Å². The van der Waals surface area contributed by atoms with Crippen LogP contribution in [0.25, 0.3) is 0 Å². The molecule has 0 unspecified atom stereocenters. The molecule has 0 fully saturated rings. The lowest BCUT2D eigenvalue weighted by molar-refractivity contribution is 0.415. The van der Waals surface area contributed by atoms with E-state index < -0.39 is 0 Å². The van der Waals surface area contributed by atoms with Crippen molar-refractivity contribution in [3.8, 4) is 5.75 Å². The first-order valence-electron chi connectivity index (χ1n) is 5.44. The van der Waals surface area contributed by atoms with Crippen molar-refractivity contribution < 1.29 is 4.74 Å². The number of benzene rings is 1. The zero-order chi connectivity index (χ0) is 13.8. The van der Waals surface area contributed by atoms with E-state index in [9.17, 15) is 0 Å². The summed E-state index contributed by atoms with van der Waals surface area (Å²) in [5.41, 5.74) is 0.719. The Morgan fingerprint density at radius 1 is 1.05 bits per heavy atom. The molecule has 1 aromatic heterocycles. The Bertz CT molecular complexity index is 572. The van der Waals surface area contributed by atoms with E-state index >= 15 is 0 Å². The molecule has 0 aliphatic rings. The second kappa shape index (κ2) is 5.95.